The van der Waals surface area contributed by atoms with Crippen LogP contribution in [-0.2, 0) is 11.3 Å². The molecule has 1 heterocycles. The highest BCUT2D eigenvalue weighted by Crippen LogP contribution is 2.06. The Morgan fingerprint density at radius 3 is 3.29 bits per heavy atom. The molecule has 0 N–H and O–H groups in total. The molecule has 1 aromatic heterocycles. The summed E-state index contributed by atoms with van der Waals surface area (Å²) >= 11 is 0. The molecule has 1 aromatic rings. The van der Waals surface area contributed by atoms with Crippen molar-refractivity contribution in [1.82, 2.24) is 5.16 Å². The fourth-order valence-corrected chi connectivity index (χ4v) is 0.789. The number of hydrogen-bond donors (Lipinski definition) is 0. The third kappa shape index (κ3) is 2.49. The average molecular weight is 196 g/mol. The third-order valence-corrected chi connectivity index (χ3v) is 1.33. The van der Waals surface area contributed by atoms with E-state index in [-0.39, 0.29) is 18.9 Å². The van der Waals surface area contributed by atoms with Gasteiger partial charge >= 0.3 is 5.97 Å². The van der Waals surface area contributed by atoms with E-state index in [1.54, 1.807) is 6.92 Å². The molecular weight excluding hydrogens is 188 g/mol. The molecule has 7 heteroatoms. The van der Waals surface area contributed by atoms with Gasteiger partial charge in [-0.2, -0.15) is 0 Å². The summed E-state index contributed by atoms with van der Waals surface area (Å²) in [6.45, 7) is 2.01. The summed E-state index contributed by atoms with van der Waals surface area (Å²) in [5.74, 6) is -0.567. The molecule has 0 bridgehead atoms. The Labute approximate surface area is 79.3 Å². The minimum Gasteiger partial charge on any atom is -0.460 e. The second kappa shape index (κ2) is 4.88. The fourth-order valence-electron chi connectivity index (χ4n) is 0.789. The summed E-state index contributed by atoms with van der Waals surface area (Å²) in [6.07, 6.45) is 0. The van der Waals surface area contributed by atoms with Crippen molar-refractivity contribution in [3.05, 3.63) is 28.0 Å². The lowest BCUT2D eigenvalue weighted by Crippen LogP contribution is -2.02. The zero-order valence-electron chi connectivity index (χ0n) is 7.51. The molecule has 0 radical (unpaired) electrons. The molecule has 0 saturated carbocycles. The van der Waals surface area contributed by atoms with Gasteiger partial charge in [0.2, 0.25) is 5.76 Å². The van der Waals surface area contributed by atoms with Gasteiger partial charge < -0.3 is 9.26 Å². The third-order valence-electron chi connectivity index (χ3n) is 1.33. The SMILES string of the molecule is CCOC(=O)c1cc(CN=[N+]=[N-])no1. The standard InChI is InChI=1S/C7H8N4O3/c1-2-13-7(12)6-3-5(10-14-6)4-9-11-8/h3H,2,4H2,1H3. The molecule has 0 aliphatic rings. The van der Waals surface area contributed by atoms with E-state index in [9.17, 15) is 4.79 Å². The first-order chi connectivity index (χ1) is 6.77. The van der Waals surface area contributed by atoms with Gasteiger partial charge in [-0.15, -0.1) is 0 Å². The molecule has 0 aliphatic heterocycles. The first kappa shape index (κ1) is 10.1. The Morgan fingerprint density at radius 2 is 2.64 bits per heavy atom. The molecular formula is C7H8N4O3. The van der Waals surface area contributed by atoms with Gasteiger partial charge in [-0.3, -0.25) is 0 Å². The van der Waals surface area contributed by atoms with Crippen molar-refractivity contribution in [2.24, 2.45) is 5.11 Å². The van der Waals surface area contributed by atoms with Gasteiger partial charge in [-0.25, -0.2) is 4.79 Å². The van der Waals surface area contributed by atoms with Crippen LogP contribution in [0.5, 0.6) is 0 Å². The van der Waals surface area contributed by atoms with Gasteiger partial charge in [0.25, 0.3) is 0 Å². The van der Waals surface area contributed by atoms with Crippen LogP contribution in [0, 0.1) is 0 Å². The minimum atomic E-state index is -0.577. The Balaban J connectivity index is 2.67. The molecule has 0 saturated heterocycles. The van der Waals surface area contributed by atoms with Crippen molar-refractivity contribution < 1.29 is 14.1 Å². The Kier molecular flexibility index (Phi) is 3.51. The molecule has 74 valence electrons. The Hall–Kier alpha value is -2.01. The van der Waals surface area contributed by atoms with Crippen molar-refractivity contribution in [2.75, 3.05) is 6.61 Å². The van der Waals surface area contributed by atoms with Crippen LogP contribution >= 0.6 is 0 Å². The minimum absolute atomic E-state index is 0.00925. The molecule has 1 rings (SSSR count). The molecule has 0 aromatic carbocycles. The van der Waals surface area contributed by atoms with E-state index in [1.807, 2.05) is 0 Å². The van der Waals surface area contributed by atoms with Crippen LogP contribution in [0.1, 0.15) is 23.2 Å². The maximum absolute atomic E-state index is 11.1. The number of carbonyl (C=O) groups excluding carboxylic acids is 1. The number of aromatic nitrogens is 1. The maximum Gasteiger partial charge on any atom is 0.377 e. The molecule has 0 spiro atoms. The lowest BCUT2D eigenvalue weighted by atomic mass is 10.4. The van der Waals surface area contributed by atoms with Crippen molar-refractivity contribution in [3.8, 4) is 0 Å². The van der Waals surface area contributed by atoms with Crippen molar-refractivity contribution in [2.45, 2.75) is 13.5 Å². The summed E-state index contributed by atoms with van der Waals surface area (Å²) in [6, 6.07) is 1.38. The van der Waals surface area contributed by atoms with E-state index >= 15 is 0 Å². The predicted molar refractivity (Wildman–Crippen MR) is 45.3 cm³/mol. The molecule has 0 aliphatic carbocycles. The summed E-state index contributed by atoms with van der Waals surface area (Å²) < 4.78 is 9.34. The van der Waals surface area contributed by atoms with E-state index < -0.39 is 5.97 Å². The van der Waals surface area contributed by atoms with Crippen LogP contribution in [0.3, 0.4) is 0 Å². The van der Waals surface area contributed by atoms with Crippen molar-refractivity contribution in [1.29, 1.82) is 0 Å². The second-order valence-electron chi connectivity index (χ2n) is 2.29. The smallest absolute Gasteiger partial charge is 0.377 e. The predicted octanol–water partition coefficient (Wildman–Crippen LogP) is 1.66. The van der Waals surface area contributed by atoms with Crippen molar-refractivity contribution >= 4 is 5.97 Å². The van der Waals surface area contributed by atoms with Gasteiger partial charge in [0, 0.05) is 11.0 Å². The van der Waals surface area contributed by atoms with Crippen molar-refractivity contribution in [3.63, 3.8) is 0 Å². The van der Waals surface area contributed by atoms with Gasteiger partial charge in [-0.05, 0) is 12.5 Å². The highest BCUT2D eigenvalue weighted by molar-refractivity contribution is 5.86. The normalized spacial score (nSPS) is 9.21. The zero-order valence-corrected chi connectivity index (χ0v) is 7.51. The van der Waals surface area contributed by atoms with Crippen LogP contribution in [0.15, 0.2) is 15.7 Å². The van der Waals surface area contributed by atoms with E-state index in [0.29, 0.717) is 5.69 Å². The number of carbonyl (C=O) groups is 1. The van der Waals surface area contributed by atoms with Crippen LogP contribution in [-0.4, -0.2) is 17.7 Å². The summed E-state index contributed by atoms with van der Waals surface area (Å²) in [5.41, 5.74) is 8.43. The highest BCUT2D eigenvalue weighted by Gasteiger charge is 2.12. The summed E-state index contributed by atoms with van der Waals surface area (Å²) in [4.78, 5) is 13.6. The first-order valence-electron chi connectivity index (χ1n) is 3.91. The van der Waals surface area contributed by atoms with E-state index in [2.05, 4.69) is 24.4 Å². The number of hydrogen-bond acceptors (Lipinski definition) is 5. The molecule has 0 atom stereocenters. The van der Waals surface area contributed by atoms with Crippen LogP contribution in [0.25, 0.3) is 10.4 Å². The first-order valence-corrected chi connectivity index (χ1v) is 3.91. The van der Waals surface area contributed by atoms with E-state index in [1.165, 1.54) is 6.07 Å². The van der Waals surface area contributed by atoms with Gasteiger partial charge in [0.15, 0.2) is 0 Å². The molecule has 14 heavy (non-hydrogen) atoms. The monoisotopic (exact) mass is 196 g/mol. The van der Waals surface area contributed by atoms with Crippen LogP contribution < -0.4 is 0 Å². The van der Waals surface area contributed by atoms with Crippen LogP contribution in [0.2, 0.25) is 0 Å². The Bertz CT molecular complexity index is 367. The molecule has 0 unspecified atom stereocenters. The average Bonchev–Trinajstić information content (AvgIpc) is 2.63. The van der Waals surface area contributed by atoms with Gasteiger partial charge in [-0.1, -0.05) is 10.3 Å². The lowest BCUT2D eigenvalue weighted by molar-refractivity contribution is 0.0479. The topological polar surface area (TPSA) is 101 Å². The molecule has 0 amide bonds. The van der Waals surface area contributed by atoms with Gasteiger partial charge in [0.1, 0.15) is 0 Å². The number of rotatable bonds is 4. The lowest BCUT2D eigenvalue weighted by Gasteiger charge is -1.94. The van der Waals surface area contributed by atoms with E-state index in [0.717, 1.165) is 0 Å². The quantitative estimate of drug-likeness (QED) is 0.316. The summed E-state index contributed by atoms with van der Waals surface area (Å²) in [5, 5.41) is 6.78. The summed E-state index contributed by atoms with van der Waals surface area (Å²) in [7, 11) is 0. The molecule has 0 fully saturated rings. The number of esters is 1. The number of nitrogens with zero attached hydrogens (tertiary/aromatic N) is 4. The van der Waals surface area contributed by atoms with Gasteiger partial charge in [0.05, 0.1) is 18.8 Å². The zero-order chi connectivity index (χ0) is 10.4. The fraction of sp³-hybridized carbons (Fsp3) is 0.429. The highest BCUT2D eigenvalue weighted by atomic mass is 16.6. The number of azide groups is 1. The second-order valence-corrected chi connectivity index (χ2v) is 2.29. The Morgan fingerprint density at radius 1 is 1.86 bits per heavy atom. The largest absolute Gasteiger partial charge is 0.460 e. The van der Waals surface area contributed by atoms with Crippen LogP contribution in [0.4, 0.5) is 0 Å². The van der Waals surface area contributed by atoms with E-state index in [4.69, 9.17) is 5.53 Å². The maximum atomic E-state index is 11.1. The molecule has 7 nitrogen and oxygen atoms in total. The number of ether oxygens (including phenoxy) is 1.